The van der Waals surface area contributed by atoms with Crippen LogP contribution in [0.25, 0.3) is 0 Å². The summed E-state index contributed by atoms with van der Waals surface area (Å²) in [6, 6.07) is 0.698. The van der Waals surface area contributed by atoms with Crippen molar-refractivity contribution in [3.63, 3.8) is 0 Å². The average Bonchev–Trinajstić information content (AvgIpc) is 2.66. The monoisotopic (exact) mass is 214 g/mol. The summed E-state index contributed by atoms with van der Waals surface area (Å²) in [5.74, 6) is 0.573. The van der Waals surface area contributed by atoms with Gasteiger partial charge in [-0.3, -0.25) is 0 Å². The van der Waals surface area contributed by atoms with E-state index in [1.54, 1.807) is 7.11 Å². The highest BCUT2D eigenvalue weighted by Gasteiger charge is 2.15. The summed E-state index contributed by atoms with van der Waals surface area (Å²) < 4.78 is 10.5. The van der Waals surface area contributed by atoms with E-state index in [1.165, 1.54) is 0 Å². The van der Waals surface area contributed by atoms with Gasteiger partial charge in [0.05, 0.1) is 12.6 Å². The summed E-state index contributed by atoms with van der Waals surface area (Å²) in [6.45, 7) is 3.15. The van der Waals surface area contributed by atoms with Crippen LogP contribution in [-0.4, -0.2) is 43.5 Å². The molecule has 86 valence electrons. The molecule has 1 heterocycles. The fourth-order valence-corrected chi connectivity index (χ4v) is 1.15. The van der Waals surface area contributed by atoms with Crippen molar-refractivity contribution in [1.82, 2.24) is 10.2 Å². The standard InChI is InChI=1S/C9H18N4O2/c1-7(6-14-3)13(2)9-12-11-8(15-9)4-5-10/h7H,4-6,10H2,1-3H3. The Hall–Kier alpha value is -1.14. The molecule has 0 amide bonds. The lowest BCUT2D eigenvalue weighted by Crippen LogP contribution is -2.32. The van der Waals surface area contributed by atoms with Crippen molar-refractivity contribution in [2.45, 2.75) is 19.4 Å². The first kappa shape index (κ1) is 11.9. The molecule has 0 aliphatic heterocycles. The molecule has 0 aliphatic rings. The number of nitrogens with zero attached hydrogens (tertiary/aromatic N) is 3. The van der Waals surface area contributed by atoms with Gasteiger partial charge in [0.25, 0.3) is 0 Å². The number of hydrogen-bond donors (Lipinski definition) is 1. The number of ether oxygens (including phenoxy) is 1. The Labute approximate surface area is 89.4 Å². The molecule has 0 fully saturated rings. The number of likely N-dealkylation sites (N-methyl/N-ethyl adjacent to an activating group) is 1. The van der Waals surface area contributed by atoms with Crippen LogP contribution in [0.5, 0.6) is 0 Å². The van der Waals surface area contributed by atoms with Gasteiger partial charge in [-0.1, -0.05) is 5.10 Å². The first-order chi connectivity index (χ1) is 7.19. The molecule has 1 unspecified atom stereocenters. The Morgan fingerprint density at radius 1 is 1.53 bits per heavy atom. The second-order valence-corrected chi connectivity index (χ2v) is 3.43. The molecule has 6 heteroatoms. The Balaban J connectivity index is 2.60. The highest BCUT2D eigenvalue weighted by Crippen LogP contribution is 2.13. The van der Waals surface area contributed by atoms with Crippen LogP contribution >= 0.6 is 0 Å². The minimum Gasteiger partial charge on any atom is -0.408 e. The average molecular weight is 214 g/mol. The summed E-state index contributed by atoms with van der Waals surface area (Å²) in [5, 5.41) is 7.83. The maximum atomic E-state index is 5.42. The molecule has 1 aromatic heterocycles. The van der Waals surface area contributed by atoms with E-state index >= 15 is 0 Å². The number of anilines is 1. The molecule has 0 radical (unpaired) electrons. The van der Waals surface area contributed by atoms with Crippen LogP contribution in [-0.2, 0) is 11.2 Å². The van der Waals surface area contributed by atoms with E-state index in [1.807, 2.05) is 18.9 Å². The molecule has 1 atom stereocenters. The molecule has 15 heavy (non-hydrogen) atoms. The lowest BCUT2D eigenvalue weighted by molar-refractivity contribution is 0.181. The van der Waals surface area contributed by atoms with Crippen LogP contribution in [0.1, 0.15) is 12.8 Å². The molecule has 0 spiro atoms. The van der Waals surface area contributed by atoms with Gasteiger partial charge in [0.2, 0.25) is 5.89 Å². The Bertz CT molecular complexity index is 289. The normalized spacial score (nSPS) is 12.8. The summed E-state index contributed by atoms with van der Waals surface area (Å²) in [4.78, 5) is 1.89. The van der Waals surface area contributed by atoms with E-state index in [2.05, 4.69) is 10.2 Å². The minimum absolute atomic E-state index is 0.196. The maximum absolute atomic E-state index is 5.42. The first-order valence-electron chi connectivity index (χ1n) is 4.93. The molecule has 1 rings (SSSR count). The summed E-state index contributed by atoms with van der Waals surface area (Å²) in [7, 11) is 3.56. The third kappa shape index (κ3) is 3.17. The third-order valence-electron chi connectivity index (χ3n) is 2.19. The van der Waals surface area contributed by atoms with Crippen LogP contribution in [0.15, 0.2) is 4.42 Å². The number of aromatic nitrogens is 2. The number of hydrogen-bond acceptors (Lipinski definition) is 6. The van der Waals surface area contributed by atoms with Gasteiger partial charge in [0, 0.05) is 27.1 Å². The van der Waals surface area contributed by atoms with Gasteiger partial charge in [-0.2, -0.15) is 0 Å². The van der Waals surface area contributed by atoms with Crippen molar-refractivity contribution in [2.24, 2.45) is 5.73 Å². The van der Waals surface area contributed by atoms with Crippen molar-refractivity contribution in [3.8, 4) is 0 Å². The fourth-order valence-electron chi connectivity index (χ4n) is 1.15. The fraction of sp³-hybridized carbons (Fsp3) is 0.778. The molecule has 6 nitrogen and oxygen atoms in total. The van der Waals surface area contributed by atoms with Crippen LogP contribution in [0.2, 0.25) is 0 Å². The van der Waals surface area contributed by atoms with E-state index in [0.29, 0.717) is 31.5 Å². The highest BCUT2D eigenvalue weighted by molar-refractivity contribution is 5.23. The summed E-state index contributed by atoms with van der Waals surface area (Å²) >= 11 is 0. The van der Waals surface area contributed by atoms with Gasteiger partial charge < -0.3 is 19.8 Å². The van der Waals surface area contributed by atoms with Crippen LogP contribution in [0.4, 0.5) is 6.01 Å². The third-order valence-corrected chi connectivity index (χ3v) is 2.19. The topological polar surface area (TPSA) is 77.4 Å². The maximum Gasteiger partial charge on any atom is 0.318 e. The predicted octanol–water partition coefficient (Wildman–Crippen LogP) is 0.0419. The molecular formula is C9H18N4O2. The molecule has 2 N–H and O–H groups in total. The zero-order chi connectivity index (χ0) is 11.3. The lowest BCUT2D eigenvalue weighted by Gasteiger charge is -2.21. The van der Waals surface area contributed by atoms with E-state index in [9.17, 15) is 0 Å². The van der Waals surface area contributed by atoms with Crippen molar-refractivity contribution in [2.75, 3.05) is 32.2 Å². The van der Waals surface area contributed by atoms with Crippen molar-refractivity contribution < 1.29 is 9.15 Å². The quantitative estimate of drug-likeness (QED) is 0.720. The zero-order valence-corrected chi connectivity index (χ0v) is 9.43. The second-order valence-electron chi connectivity index (χ2n) is 3.43. The zero-order valence-electron chi connectivity index (χ0n) is 9.43. The molecule has 1 aromatic rings. The molecule has 0 saturated carbocycles. The molecule has 0 bridgehead atoms. The van der Waals surface area contributed by atoms with Gasteiger partial charge in [0.15, 0.2) is 0 Å². The van der Waals surface area contributed by atoms with Crippen molar-refractivity contribution in [1.29, 1.82) is 0 Å². The van der Waals surface area contributed by atoms with Gasteiger partial charge in [0.1, 0.15) is 0 Å². The van der Waals surface area contributed by atoms with Crippen molar-refractivity contribution >= 4 is 6.01 Å². The second kappa shape index (κ2) is 5.67. The van der Waals surface area contributed by atoms with Gasteiger partial charge in [-0.25, -0.2) is 0 Å². The molecule has 0 aliphatic carbocycles. The molecule has 0 saturated heterocycles. The number of nitrogens with two attached hydrogens (primary N) is 1. The number of rotatable bonds is 6. The van der Waals surface area contributed by atoms with Crippen LogP contribution in [0, 0.1) is 0 Å². The van der Waals surface area contributed by atoms with E-state index in [0.717, 1.165) is 0 Å². The first-order valence-corrected chi connectivity index (χ1v) is 4.93. The smallest absolute Gasteiger partial charge is 0.318 e. The van der Waals surface area contributed by atoms with Gasteiger partial charge in [-0.15, -0.1) is 5.10 Å². The molecule has 0 aromatic carbocycles. The summed E-state index contributed by atoms with van der Waals surface area (Å²) in [6.07, 6.45) is 0.611. The Morgan fingerprint density at radius 2 is 2.27 bits per heavy atom. The summed E-state index contributed by atoms with van der Waals surface area (Å²) in [5.41, 5.74) is 5.39. The van der Waals surface area contributed by atoms with Crippen molar-refractivity contribution in [3.05, 3.63) is 5.89 Å². The van der Waals surface area contributed by atoms with E-state index < -0.39 is 0 Å². The minimum atomic E-state index is 0.196. The highest BCUT2D eigenvalue weighted by atomic mass is 16.5. The SMILES string of the molecule is COCC(C)N(C)c1nnc(CCN)o1. The predicted molar refractivity (Wildman–Crippen MR) is 56.8 cm³/mol. The van der Waals surface area contributed by atoms with E-state index in [4.69, 9.17) is 14.9 Å². The van der Waals surface area contributed by atoms with E-state index in [-0.39, 0.29) is 6.04 Å². The van der Waals surface area contributed by atoms with Crippen LogP contribution in [0.3, 0.4) is 0 Å². The lowest BCUT2D eigenvalue weighted by atomic mass is 10.3. The Kier molecular flexibility index (Phi) is 4.51. The Morgan fingerprint density at radius 3 is 2.87 bits per heavy atom. The van der Waals surface area contributed by atoms with Crippen LogP contribution < -0.4 is 10.6 Å². The number of methoxy groups -OCH3 is 1. The largest absolute Gasteiger partial charge is 0.408 e. The van der Waals surface area contributed by atoms with Gasteiger partial charge >= 0.3 is 6.01 Å². The molecular weight excluding hydrogens is 196 g/mol. The van der Waals surface area contributed by atoms with Gasteiger partial charge in [-0.05, 0) is 6.92 Å².